The molecule has 1 atom stereocenters. The van der Waals surface area contributed by atoms with E-state index in [9.17, 15) is 4.79 Å². The van der Waals surface area contributed by atoms with Gasteiger partial charge in [-0.3, -0.25) is 9.69 Å². The SMILES string of the molecule is NC[C@@H]1CCCN(CC(=O)c2cccs2)C1. The fourth-order valence-corrected chi connectivity index (χ4v) is 2.86. The standard InChI is InChI=1S/C12H18N2OS/c13-7-10-3-1-5-14(8-10)9-11(15)12-4-2-6-16-12/h2,4,6,10H,1,3,5,7-9,13H2/t10-/m0/s1. The number of rotatable bonds is 4. The van der Waals surface area contributed by atoms with Crippen molar-refractivity contribution >= 4 is 17.1 Å². The predicted octanol–water partition coefficient (Wildman–Crippen LogP) is 1.60. The summed E-state index contributed by atoms with van der Waals surface area (Å²) in [7, 11) is 0. The number of likely N-dealkylation sites (tertiary alicyclic amines) is 1. The van der Waals surface area contributed by atoms with Crippen LogP contribution in [0.15, 0.2) is 17.5 Å². The van der Waals surface area contributed by atoms with Gasteiger partial charge in [-0.15, -0.1) is 11.3 Å². The first-order valence-corrected chi connectivity index (χ1v) is 6.66. The van der Waals surface area contributed by atoms with Gasteiger partial charge in [0.05, 0.1) is 11.4 Å². The summed E-state index contributed by atoms with van der Waals surface area (Å²) < 4.78 is 0. The van der Waals surface area contributed by atoms with Gasteiger partial charge >= 0.3 is 0 Å². The molecule has 0 radical (unpaired) electrons. The Morgan fingerprint density at radius 2 is 2.50 bits per heavy atom. The summed E-state index contributed by atoms with van der Waals surface area (Å²) in [5.74, 6) is 0.817. The lowest BCUT2D eigenvalue weighted by atomic mass is 9.98. The maximum absolute atomic E-state index is 11.9. The molecule has 0 aliphatic carbocycles. The third-order valence-corrected chi connectivity index (χ3v) is 4.01. The molecule has 0 amide bonds. The van der Waals surface area contributed by atoms with Gasteiger partial charge in [0.15, 0.2) is 5.78 Å². The lowest BCUT2D eigenvalue weighted by molar-refractivity contribution is 0.0893. The summed E-state index contributed by atoms with van der Waals surface area (Å²) in [6.07, 6.45) is 2.37. The van der Waals surface area contributed by atoms with E-state index in [0.29, 0.717) is 12.5 Å². The molecule has 0 spiro atoms. The minimum atomic E-state index is 0.243. The van der Waals surface area contributed by atoms with E-state index >= 15 is 0 Å². The van der Waals surface area contributed by atoms with E-state index in [-0.39, 0.29) is 5.78 Å². The molecule has 0 aromatic carbocycles. The maximum Gasteiger partial charge on any atom is 0.186 e. The number of thiophene rings is 1. The van der Waals surface area contributed by atoms with Gasteiger partial charge in [-0.05, 0) is 43.3 Å². The van der Waals surface area contributed by atoms with Crippen LogP contribution < -0.4 is 5.73 Å². The summed E-state index contributed by atoms with van der Waals surface area (Å²) in [5.41, 5.74) is 5.68. The predicted molar refractivity (Wildman–Crippen MR) is 66.9 cm³/mol. The van der Waals surface area contributed by atoms with Crippen LogP contribution in [0.25, 0.3) is 0 Å². The fraction of sp³-hybridized carbons (Fsp3) is 0.583. The van der Waals surface area contributed by atoms with Crippen LogP contribution in [0, 0.1) is 5.92 Å². The van der Waals surface area contributed by atoms with Gasteiger partial charge in [0.2, 0.25) is 0 Å². The van der Waals surface area contributed by atoms with Crippen LogP contribution in [-0.2, 0) is 0 Å². The molecule has 2 N–H and O–H groups in total. The number of carbonyl (C=O) groups is 1. The first kappa shape index (κ1) is 11.8. The molecule has 2 heterocycles. The average Bonchev–Trinajstić information content (AvgIpc) is 2.83. The van der Waals surface area contributed by atoms with E-state index in [4.69, 9.17) is 5.73 Å². The number of hydrogen-bond donors (Lipinski definition) is 1. The van der Waals surface area contributed by atoms with Crippen molar-refractivity contribution in [3.05, 3.63) is 22.4 Å². The summed E-state index contributed by atoms with van der Waals surface area (Å²) in [4.78, 5) is 15.0. The second kappa shape index (κ2) is 5.57. The molecule has 2 rings (SSSR count). The highest BCUT2D eigenvalue weighted by Gasteiger charge is 2.21. The summed E-state index contributed by atoms with van der Waals surface area (Å²) in [5, 5.41) is 1.95. The van der Waals surface area contributed by atoms with Crippen molar-refractivity contribution in [1.29, 1.82) is 0 Å². The fourth-order valence-electron chi connectivity index (χ4n) is 2.21. The molecule has 1 aromatic rings. The Bertz CT molecular complexity index is 337. The third-order valence-electron chi connectivity index (χ3n) is 3.10. The van der Waals surface area contributed by atoms with Crippen molar-refractivity contribution in [2.75, 3.05) is 26.2 Å². The Hall–Kier alpha value is -0.710. The van der Waals surface area contributed by atoms with Crippen molar-refractivity contribution < 1.29 is 4.79 Å². The molecule has 1 aromatic heterocycles. The number of piperidine rings is 1. The smallest absolute Gasteiger partial charge is 0.186 e. The molecule has 1 fully saturated rings. The molecule has 1 aliphatic rings. The highest BCUT2D eigenvalue weighted by atomic mass is 32.1. The van der Waals surface area contributed by atoms with Gasteiger partial charge in [0, 0.05) is 6.54 Å². The van der Waals surface area contributed by atoms with Crippen LogP contribution >= 0.6 is 11.3 Å². The molecular weight excluding hydrogens is 220 g/mol. The number of ketones is 1. The van der Waals surface area contributed by atoms with Crippen molar-refractivity contribution in [3.8, 4) is 0 Å². The minimum absolute atomic E-state index is 0.243. The number of nitrogens with two attached hydrogens (primary N) is 1. The Balaban J connectivity index is 1.87. The number of nitrogens with zero attached hydrogens (tertiary/aromatic N) is 1. The van der Waals surface area contributed by atoms with E-state index in [2.05, 4.69) is 4.90 Å². The zero-order valence-electron chi connectivity index (χ0n) is 9.39. The van der Waals surface area contributed by atoms with Crippen molar-refractivity contribution in [2.24, 2.45) is 11.7 Å². The van der Waals surface area contributed by atoms with Gasteiger partial charge in [0.1, 0.15) is 0 Å². The highest BCUT2D eigenvalue weighted by molar-refractivity contribution is 7.12. The highest BCUT2D eigenvalue weighted by Crippen LogP contribution is 2.16. The van der Waals surface area contributed by atoms with Crippen molar-refractivity contribution in [1.82, 2.24) is 4.90 Å². The van der Waals surface area contributed by atoms with Gasteiger partial charge in [-0.2, -0.15) is 0 Å². The van der Waals surface area contributed by atoms with Crippen LogP contribution in [0.4, 0.5) is 0 Å². The zero-order chi connectivity index (χ0) is 11.4. The number of hydrogen-bond acceptors (Lipinski definition) is 4. The Morgan fingerprint density at radius 1 is 1.62 bits per heavy atom. The van der Waals surface area contributed by atoms with Crippen LogP contribution in [0.1, 0.15) is 22.5 Å². The molecule has 0 saturated carbocycles. The molecule has 0 bridgehead atoms. The lowest BCUT2D eigenvalue weighted by Crippen LogP contribution is -2.40. The van der Waals surface area contributed by atoms with Crippen molar-refractivity contribution in [3.63, 3.8) is 0 Å². The first-order chi connectivity index (χ1) is 7.79. The second-order valence-corrected chi connectivity index (χ2v) is 5.33. The molecule has 1 saturated heterocycles. The average molecular weight is 238 g/mol. The molecule has 0 unspecified atom stereocenters. The molecular formula is C12H18N2OS. The summed E-state index contributed by atoms with van der Waals surface area (Å²) >= 11 is 1.53. The quantitative estimate of drug-likeness (QED) is 0.811. The topological polar surface area (TPSA) is 46.3 Å². The largest absolute Gasteiger partial charge is 0.330 e. The molecule has 4 heteroatoms. The minimum Gasteiger partial charge on any atom is -0.330 e. The van der Waals surface area contributed by atoms with Gasteiger partial charge in [0.25, 0.3) is 0 Å². The van der Waals surface area contributed by atoms with Crippen LogP contribution in [0.2, 0.25) is 0 Å². The lowest BCUT2D eigenvalue weighted by Gasteiger charge is -2.31. The van der Waals surface area contributed by atoms with E-state index < -0.39 is 0 Å². The zero-order valence-corrected chi connectivity index (χ0v) is 10.2. The normalized spacial score (nSPS) is 22.2. The van der Waals surface area contributed by atoms with E-state index in [1.165, 1.54) is 24.2 Å². The van der Waals surface area contributed by atoms with Crippen LogP contribution in [0.5, 0.6) is 0 Å². The Labute approximate surface area is 100 Å². The third kappa shape index (κ3) is 2.90. The van der Waals surface area contributed by atoms with Crippen LogP contribution in [-0.4, -0.2) is 36.9 Å². The Kier molecular flexibility index (Phi) is 4.09. The van der Waals surface area contributed by atoms with Crippen molar-refractivity contribution in [2.45, 2.75) is 12.8 Å². The van der Waals surface area contributed by atoms with Gasteiger partial charge in [-0.25, -0.2) is 0 Å². The second-order valence-electron chi connectivity index (χ2n) is 4.38. The molecule has 1 aliphatic heterocycles. The number of Topliss-reactive ketones (excluding diaryl/α,β-unsaturated/α-hetero) is 1. The van der Waals surface area contributed by atoms with Gasteiger partial charge < -0.3 is 5.73 Å². The molecule has 88 valence electrons. The Morgan fingerprint density at radius 3 is 3.19 bits per heavy atom. The molecule has 16 heavy (non-hydrogen) atoms. The van der Waals surface area contributed by atoms with Crippen LogP contribution in [0.3, 0.4) is 0 Å². The van der Waals surface area contributed by atoms with E-state index in [0.717, 1.165) is 24.5 Å². The monoisotopic (exact) mass is 238 g/mol. The van der Waals surface area contributed by atoms with E-state index in [1.54, 1.807) is 0 Å². The molecule has 3 nitrogen and oxygen atoms in total. The van der Waals surface area contributed by atoms with Gasteiger partial charge in [-0.1, -0.05) is 6.07 Å². The van der Waals surface area contributed by atoms with E-state index in [1.807, 2.05) is 17.5 Å². The summed E-state index contributed by atoms with van der Waals surface area (Å²) in [6.45, 7) is 3.31. The maximum atomic E-state index is 11.9. The number of carbonyl (C=O) groups excluding carboxylic acids is 1. The summed E-state index contributed by atoms with van der Waals surface area (Å²) in [6, 6.07) is 3.83. The first-order valence-electron chi connectivity index (χ1n) is 5.78.